The molecule has 1 aromatic heterocycles. The second-order valence-electron chi connectivity index (χ2n) is 8.53. The molecule has 0 saturated heterocycles. The van der Waals surface area contributed by atoms with Crippen LogP contribution in [0.1, 0.15) is 40.7 Å². The average Bonchev–Trinajstić information content (AvgIpc) is 3.35. The van der Waals surface area contributed by atoms with Crippen LogP contribution in [-0.2, 0) is 11.2 Å². The lowest BCUT2D eigenvalue weighted by atomic mass is 10.00. The first kappa shape index (κ1) is 23.8. The van der Waals surface area contributed by atoms with Crippen molar-refractivity contribution < 1.29 is 19.1 Å². The van der Waals surface area contributed by atoms with E-state index in [1.165, 1.54) is 4.88 Å². The fourth-order valence-corrected chi connectivity index (χ4v) is 5.14. The van der Waals surface area contributed by atoms with Crippen LogP contribution in [0, 0.1) is 0 Å². The third kappa shape index (κ3) is 5.25. The minimum Gasteiger partial charge on any atom is -0.497 e. The molecule has 0 N–H and O–H groups in total. The van der Waals surface area contributed by atoms with Gasteiger partial charge in [-0.05, 0) is 67.6 Å². The molecule has 1 aliphatic heterocycles. The number of fused-ring (bicyclic) bond motifs is 1. The lowest BCUT2D eigenvalue weighted by molar-refractivity contribution is -0.136. The molecular formula is C27H30N2O4S. The van der Waals surface area contributed by atoms with E-state index >= 15 is 0 Å². The molecule has 4 rings (SSSR count). The molecule has 2 aromatic carbocycles. The van der Waals surface area contributed by atoms with Gasteiger partial charge in [-0.15, -0.1) is 11.3 Å². The van der Waals surface area contributed by atoms with Crippen molar-refractivity contribution in [3.63, 3.8) is 0 Å². The predicted octanol–water partition coefficient (Wildman–Crippen LogP) is 4.81. The van der Waals surface area contributed by atoms with E-state index in [1.54, 1.807) is 47.6 Å². The third-order valence-corrected chi connectivity index (χ3v) is 7.07. The lowest BCUT2D eigenvalue weighted by Gasteiger charge is -2.37. The van der Waals surface area contributed by atoms with Gasteiger partial charge in [0.25, 0.3) is 5.91 Å². The third-order valence-electron chi connectivity index (χ3n) is 6.07. The van der Waals surface area contributed by atoms with Gasteiger partial charge in [-0.2, -0.15) is 0 Å². The Morgan fingerprint density at radius 1 is 1.09 bits per heavy atom. The zero-order valence-corrected chi connectivity index (χ0v) is 20.6. The largest absolute Gasteiger partial charge is 0.497 e. The van der Waals surface area contributed by atoms with Crippen LogP contribution >= 0.6 is 11.3 Å². The number of hydrogen-bond donors (Lipinski definition) is 0. The van der Waals surface area contributed by atoms with Gasteiger partial charge in [0, 0.05) is 23.0 Å². The van der Waals surface area contributed by atoms with Crippen molar-refractivity contribution >= 4 is 23.2 Å². The molecular weight excluding hydrogens is 448 g/mol. The van der Waals surface area contributed by atoms with E-state index in [-0.39, 0.29) is 30.4 Å². The summed E-state index contributed by atoms with van der Waals surface area (Å²) in [5.41, 5.74) is 1.64. The number of carbonyl (C=O) groups excluding carboxylic acids is 2. The van der Waals surface area contributed by atoms with Crippen molar-refractivity contribution in [2.45, 2.75) is 32.4 Å². The average molecular weight is 479 g/mol. The Balaban J connectivity index is 1.53. The summed E-state index contributed by atoms with van der Waals surface area (Å²) in [5.74, 6) is 1.12. The van der Waals surface area contributed by atoms with E-state index in [1.807, 2.05) is 49.1 Å². The lowest BCUT2D eigenvalue weighted by Crippen LogP contribution is -2.49. The number of amides is 2. The molecule has 0 spiro atoms. The van der Waals surface area contributed by atoms with Crippen LogP contribution < -0.4 is 9.47 Å². The van der Waals surface area contributed by atoms with E-state index in [4.69, 9.17) is 9.47 Å². The van der Waals surface area contributed by atoms with Crippen molar-refractivity contribution in [2.24, 2.45) is 0 Å². The minimum absolute atomic E-state index is 0.00895. The number of carbonyl (C=O) groups is 2. The molecule has 0 unspecified atom stereocenters. The van der Waals surface area contributed by atoms with Crippen LogP contribution in [0.25, 0.3) is 0 Å². The Labute approximate surface area is 204 Å². The highest BCUT2D eigenvalue weighted by Gasteiger charge is 2.34. The van der Waals surface area contributed by atoms with E-state index < -0.39 is 0 Å². The smallest absolute Gasteiger partial charge is 0.254 e. The standard InChI is InChI=1S/C27H30N2O4S/c1-19(2)29(27(31)20-8-7-11-22(16-20)32-3)17-26(30)28-14-12-25-23(13-15-34-25)24(28)18-33-21-9-5-4-6-10-21/h4-11,13,15-16,19,24H,12,14,17-18H2,1-3H3/t24-/m0/s1. The van der Waals surface area contributed by atoms with Gasteiger partial charge in [-0.3, -0.25) is 9.59 Å². The summed E-state index contributed by atoms with van der Waals surface area (Å²) in [7, 11) is 1.57. The van der Waals surface area contributed by atoms with Crippen molar-refractivity contribution in [1.82, 2.24) is 9.80 Å². The molecule has 0 bridgehead atoms. The summed E-state index contributed by atoms with van der Waals surface area (Å²) in [6.45, 7) is 4.83. The van der Waals surface area contributed by atoms with Crippen LogP contribution in [0.3, 0.4) is 0 Å². The number of para-hydroxylation sites is 1. The van der Waals surface area contributed by atoms with Gasteiger partial charge in [0.1, 0.15) is 24.7 Å². The molecule has 6 nitrogen and oxygen atoms in total. The van der Waals surface area contributed by atoms with Crippen molar-refractivity contribution in [2.75, 3.05) is 26.8 Å². The summed E-state index contributed by atoms with van der Waals surface area (Å²) in [4.78, 5) is 31.7. The molecule has 0 aliphatic carbocycles. The van der Waals surface area contributed by atoms with E-state index in [2.05, 4.69) is 11.4 Å². The van der Waals surface area contributed by atoms with Gasteiger partial charge in [0.05, 0.1) is 13.2 Å². The Morgan fingerprint density at radius 3 is 2.59 bits per heavy atom. The van der Waals surface area contributed by atoms with E-state index in [9.17, 15) is 9.59 Å². The monoisotopic (exact) mass is 478 g/mol. The highest BCUT2D eigenvalue weighted by Crippen LogP contribution is 2.34. The van der Waals surface area contributed by atoms with Gasteiger partial charge in [0.2, 0.25) is 5.91 Å². The van der Waals surface area contributed by atoms with Gasteiger partial charge >= 0.3 is 0 Å². The Kier molecular flexibility index (Phi) is 7.53. The zero-order chi connectivity index (χ0) is 24.1. The maximum atomic E-state index is 13.6. The summed E-state index contributed by atoms with van der Waals surface area (Å²) in [6.07, 6.45) is 0.812. The Morgan fingerprint density at radius 2 is 1.85 bits per heavy atom. The first-order valence-electron chi connectivity index (χ1n) is 11.5. The molecule has 7 heteroatoms. The molecule has 0 fully saturated rings. The molecule has 0 radical (unpaired) electrons. The van der Waals surface area contributed by atoms with Crippen molar-refractivity contribution in [3.8, 4) is 11.5 Å². The number of ether oxygens (including phenoxy) is 2. The highest BCUT2D eigenvalue weighted by atomic mass is 32.1. The fraction of sp³-hybridized carbons (Fsp3) is 0.333. The molecule has 1 aliphatic rings. The molecule has 0 saturated carbocycles. The number of thiophene rings is 1. The Bertz CT molecular complexity index is 1130. The summed E-state index contributed by atoms with van der Waals surface area (Å²) in [6, 6.07) is 18.4. The first-order valence-corrected chi connectivity index (χ1v) is 12.3. The number of hydrogen-bond acceptors (Lipinski definition) is 5. The van der Waals surface area contributed by atoms with Crippen LogP contribution in [0.4, 0.5) is 0 Å². The topological polar surface area (TPSA) is 59.1 Å². The molecule has 3 aromatic rings. The van der Waals surface area contributed by atoms with E-state index in [0.29, 0.717) is 24.5 Å². The van der Waals surface area contributed by atoms with Crippen LogP contribution in [0.2, 0.25) is 0 Å². The number of nitrogens with zero attached hydrogens (tertiary/aromatic N) is 2. The van der Waals surface area contributed by atoms with Crippen molar-refractivity contribution in [1.29, 1.82) is 0 Å². The molecule has 2 heterocycles. The second-order valence-corrected chi connectivity index (χ2v) is 9.54. The molecule has 34 heavy (non-hydrogen) atoms. The second kappa shape index (κ2) is 10.7. The Hall–Kier alpha value is -3.32. The van der Waals surface area contributed by atoms with Crippen molar-refractivity contribution in [3.05, 3.63) is 82.0 Å². The summed E-state index contributed by atoms with van der Waals surface area (Å²) < 4.78 is 11.3. The van der Waals surface area contributed by atoms with E-state index in [0.717, 1.165) is 17.7 Å². The SMILES string of the molecule is COc1cccc(C(=O)N(CC(=O)N2CCc3sccc3[C@@H]2COc2ccccc2)C(C)C)c1. The van der Waals surface area contributed by atoms with Gasteiger partial charge in [-0.25, -0.2) is 0 Å². The predicted molar refractivity (Wildman–Crippen MR) is 134 cm³/mol. The number of rotatable bonds is 8. The summed E-state index contributed by atoms with van der Waals surface area (Å²) in [5, 5.41) is 2.07. The summed E-state index contributed by atoms with van der Waals surface area (Å²) >= 11 is 1.72. The van der Waals surface area contributed by atoms with Crippen LogP contribution in [0.5, 0.6) is 11.5 Å². The fourth-order valence-electron chi connectivity index (χ4n) is 4.21. The zero-order valence-electron chi connectivity index (χ0n) is 19.8. The quantitative estimate of drug-likeness (QED) is 0.466. The molecule has 2 amide bonds. The highest BCUT2D eigenvalue weighted by molar-refractivity contribution is 7.10. The number of methoxy groups -OCH3 is 1. The van der Waals surface area contributed by atoms with Gasteiger partial charge < -0.3 is 19.3 Å². The van der Waals surface area contributed by atoms with Crippen LogP contribution in [-0.4, -0.2) is 54.5 Å². The first-order chi connectivity index (χ1) is 16.5. The minimum atomic E-state index is -0.191. The molecule has 1 atom stereocenters. The molecule has 178 valence electrons. The maximum Gasteiger partial charge on any atom is 0.254 e. The normalized spacial score (nSPS) is 15.1. The van der Waals surface area contributed by atoms with Gasteiger partial charge in [0.15, 0.2) is 0 Å². The maximum absolute atomic E-state index is 13.6. The number of benzene rings is 2. The van der Waals surface area contributed by atoms with Gasteiger partial charge in [-0.1, -0.05) is 24.3 Å². The van der Waals surface area contributed by atoms with Crippen LogP contribution in [0.15, 0.2) is 66.0 Å².